The molecule has 0 aliphatic rings. The molecule has 3 rings (SSSR count). The highest BCUT2D eigenvalue weighted by atomic mass is 19.1. The molecule has 3 aromatic rings. The summed E-state index contributed by atoms with van der Waals surface area (Å²) in [6.45, 7) is 0.220. The van der Waals surface area contributed by atoms with E-state index in [0.717, 1.165) is 17.4 Å². The van der Waals surface area contributed by atoms with Crippen molar-refractivity contribution < 1.29 is 18.3 Å². The van der Waals surface area contributed by atoms with Gasteiger partial charge in [0.25, 0.3) is 0 Å². The van der Waals surface area contributed by atoms with Gasteiger partial charge in [-0.1, -0.05) is 24.3 Å². The van der Waals surface area contributed by atoms with Gasteiger partial charge in [-0.25, -0.2) is 8.78 Å². The van der Waals surface area contributed by atoms with Gasteiger partial charge in [0.1, 0.15) is 30.3 Å². The fourth-order valence-corrected chi connectivity index (χ4v) is 2.60. The molecule has 0 fully saturated rings. The molecule has 0 heterocycles. The summed E-state index contributed by atoms with van der Waals surface area (Å²) < 4.78 is 32.2. The van der Waals surface area contributed by atoms with Crippen LogP contribution in [0.25, 0.3) is 0 Å². The predicted octanol–water partition coefficient (Wildman–Crippen LogP) is 4.95. The van der Waals surface area contributed by atoms with Gasteiger partial charge in [-0.2, -0.15) is 0 Å². The maximum absolute atomic E-state index is 13.3. The lowest BCUT2D eigenvalue weighted by molar-refractivity contribution is 0.112. The van der Waals surface area contributed by atoms with E-state index >= 15 is 0 Å². The van der Waals surface area contributed by atoms with Crippen molar-refractivity contribution in [2.75, 3.05) is 0 Å². The maximum Gasteiger partial charge on any atom is 0.150 e. The zero-order valence-electron chi connectivity index (χ0n) is 13.4. The predicted molar refractivity (Wildman–Crippen MR) is 91.8 cm³/mol. The molecular formula is C21H16F2O2. The molecule has 0 amide bonds. The number of rotatable bonds is 6. The van der Waals surface area contributed by atoms with Crippen LogP contribution in [0.1, 0.15) is 27.0 Å². The molecule has 2 nitrogen and oxygen atoms in total. The van der Waals surface area contributed by atoms with Crippen molar-refractivity contribution in [1.29, 1.82) is 0 Å². The van der Waals surface area contributed by atoms with Crippen molar-refractivity contribution in [2.45, 2.75) is 13.0 Å². The quantitative estimate of drug-likeness (QED) is 0.595. The average molecular weight is 338 g/mol. The van der Waals surface area contributed by atoms with E-state index in [9.17, 15) is 13.6 Å². The van der Waals surface area contributed by atoms with Gasteiger partial charge in [-0.05, 0) is 65.6 Å². The Morgan fingerprint density at radius 2 is 1.52 bits per heavy atom. The molecule has 0 radical (unpaired) electrons. The second-order valence-corrected chi connectivity index (χ2v) is 5.70. The third kappa shape index (κ3) is 4.51. The number of ether oxygens (including phenoxy) is 1. The van der Waals surface area contributed by atoms with Crippen LogP contribution in [-0.4, -0.2) is 6.29 Å². The number of halogens is 2. The van der Waals surface area contributed by atoms with E-state index in [1.165, 1.54) is 24.3 Å². The smallest absolute Gasteiger partial charge is 0.150 e. The van der Waals surface area contributed by atoms with Crippen LogP contribution in [0, 0.1) is 11.6 Å². The standard InChI is InChI=1S/C21H16F2O2/c22-19-5-1-3-15(10-19)9-18-12-21(8-7-17(18)13-24)25-14-16-4-2-6-20(23)11-16/h1-8,10-13H,9,14H2. The molecule has 4 heteroatoms. The van der Waals surface area contributed by atoms with E-state index in [4.69, 9.17) is 4.74 Å². The molecule has 0 aliphatic carbocycles. The lowest BCUT2D eigenvalue weighted by Crippen LogP contribution is -1.99. The molecule has 0 atom stereocenters. The highest BCUT2D eigenvalue weighted by molar-refractivity contribution is 5.78. The molecule has 25 heavy (non-hydrogen) atoms. The zero-order chi connectivity index (χ0) is 17.6. The third-order valence-corrected chi connectivity index (χ3v) is 3.82. The largest absolute Gasteiger partial charge is 0.489 e. The van der Waals surface area contributed by atoms with E-state index in [1.807, 2.05) is 0 Å². The van der Waals surface area contributed by atoms with Crippen LogP contribution in [0.4, 0.5) is 8.78 Å². The van der Waals surface area contributed by atoms with E-state index in [-0.39, 0.29) is 18.2 Å². The van der Waals surface area contributed by atoms with Crippen molar-refractivity contribution in [3.8, 4) is 5.75 Å². The van der Waals surface area contributed by atoms with Crippen LogP contribution < -0.4 is 4.74 Å². The first kappa shape index (κ1) is 16.8. The Balaban J connectivity index is 1.78. The Morgan fingerprint density at radius 1 is 0.840 bits per heavy atom. The first-order valence-electron chi connectivity index (χ1n) is 7.84. The lowest BCUT2D eigenvalue weighted by Gasteiger charge is -2.11. The molecule has 126 valence electrons. The second-order valence-electron chi connectivity index (χ2n) is 5.70. The number of aldehydes is 1. The topological polar surface area (TPSA) is 26.3 Å². The van der Waals surface area contributed by atoms with E-state index in [2.05, 4.69) is 0 Å². The Hall–Kier alpha value is -3.01. The van der Waals surface area contributed by atoms with Crippen LogP contribution in [0.5, 0.6) is 5.75 Å². The van der Waals surface area contributed by atoms with Crippen molar-refractivity contribution in [3.05, 3.63) is 101 Å². The van der Waals surface area contributed by atoms with Crippen molar-refractivity contribution >= 4 is 6.29 Å². The van der Waals surface area contributed by atoms with Gasteiger partial charge in [-0.3, -0.25) is 4.79 Å². The van der Waals surface area contributed by atoms with Crippen LogP contribution >= 0.6 is 0 Å². The molecule has 0 unspecified atom stereocenters. The van der Waals surface area contributed by atoms with Gasteiger partial charge >= 0.3 is 0 Å². The van der Waals surface area contributed by atoms with Crippen molar-refractivity contribution in [3.63, 3.8) is 0 Å². The minimum atomic E-state index is -0.316. The summed E-state index contributed by atoms with van der Waals surface area (Å²) in [7, 11) is 0. The fourth-order valence-electron chi connectivity index (χ4n) is 2.60. The monoisotopic (exact) mass is 338 g/mol. The molecule has 3 aromatic carbocycles. The first-order chi connectivity index (χ1) is 12.1. The van der Waals surface area contributed by atoms with Gasteiger partial charge in [0, 0.05) is 5.56 Å². The minimum Gasteiger partial charge on any atom is -0.489 e. The molecule has 0 saturated carbocycles. The summed E-state index contributed by atoms with van der Waals surface area (Å²) in [5, 5.41) is 0. The summed E-state index contributed by atoms with van der Waals surface area (Å²) in [4.78, 5) is 11.3. The SMILES string of the molecule is O=Cc1ccc(OCc2cccc(F)c2)cc1Cc1cccc(F)c1. The fraction of sp³-hybridized carbons (Fsp3) is 0.0952. The molecule has 0 aromatic heterocycles. The Morgan fingerprint density at radius 3 is 2.20 bits per heavy atom. The number of carbonyl (C=O) groups is 1. The second kappa shape index (κ2) is 7.71. The number of hydrogen-bond acceptors (Lipinski definition) is 2. The van der Waals surface area contributed by atoms with Crippen molar-refractivity contribution in [2.24, 2.45) is 0 Å². The molecule has 0 N–H and O–H groups in total. The average Bonchev–Trinajstić information content (AvgIpc) is 2.60. The van der Waals surface area contributed by atoms with Gasteiger partial charge in [0.2, 0.25) is 0 Å². The van der Waals surface area contributed by atoms with Gasteiger partial charge < -0.3 is 4.74 Å². The first-order valence-corrected chi connectivity index (χ1v) is 7.84. The van der Waals surface area contributed by atoms with E-state index < -0.39 is 0 Å². The van der Waals surface area contributed by atoms with Crippen molar-refractivity contribution in [1.82, 2.24) is 0 Å². The zero-order valence-corrected chi connectivity index (χ0v) is 13.4. The van der Waals surface area contributed by atoms with Crippen LogP contribution in [0.2, 0.25) is 0 Å². The Kier molecular flexibility index (Phi) is 5.19. The Labute approximate surface area is 144 Å². The molecule has 0 spiro atoms. The summed E-state index contributed by atoms with van der Waals surface area (Å²) in [6.07, 6.45) is 1.19. The maximum atomic E-state index is 13.3. The summed E-state index contributed by atoms with van der Waals surface area (Å²) in [6, 6.07) is 17.6. The highest BCUT2D eigenvalue weighted by Gasteiger charge is 2.07. The number of benzene rings is 3. The summed E-state index contributed by atoms with van der Waals surface area (Å²) in [5.74, 6) is -0.0610. The Bertz CT molecular complexity index is 891. The molecule has 0 aliphatic heterocycles. The van der Waals surface area contributed by atoms with E-state index in [1.54, 1.807) is 42.5 Å². The minimum absolute atomic E-state index is 0.220. The molecule has 0 bridgehead atoms. The number of carbonyl (C=O) groups excluding carboxylic acids is 1. The van der Waals surface area contributed by atoms with Crippen LogP contribution in [0.3, 0.4) is 0 Å². The normalized spacial score (nSPS) is 10.5. The molecular weight excluding hydrogens is 322 g/mol. The van der Waals surface area contributed by atoms with Gasteiger partial charge in [0.05, 0.1) is 0 Å². The van der Waals surface area contributed by atoms with Gasteiger partial charge in [-0.15, -0.1) is 0 Å². The third-order valence-electron chi connectivity index (χ3n) is 3.82. The summed E-state index contributed by atoms with van der Waals surface area (Å²) >= 11 is 0. The number of hydrogen-bond donors (Lipinski definition) is 0. The summed E-state index contributed by atoms with van der Waals surface area (Å²) in [5.41, 5.74) is 2.76. The van der Waals surface area contributed by atoms with Crippen LogP contribution in [-0.2, 0) is 13.0 Å². The highest BCUT2D eigenvalue weighted by Crippen LogP contribution is 2.21. The lowest BCUT2D eigenvalue weighted by atomic mass is 10.00. The van der Waals surface area contributed by atoms with E-state index in [0.29, 0.717) is 23.3 Å². The molecule has 0 saturated heterocycles. The van der Waals surface area contributed by atoms with Gasteiger partial charge in [0.15, 0.2) is 0 Å². The van der Waals surface area contributed by atoms with Crippen LogP contribution in [0.15, 0.2) is 66.7 Å².